The summed E-state index contributed by atoms with van der Waals surface area (Å²) in [4.78, 5) is 24.5. The molecule has 1 atom stereocenters. The number of amides is 2. The van der Waals surface area contributed by atoms with Gasteiger partial charge < -0.3 is 10.2 Å². The number of hydrogen-bond donors (Lipinski definition) is 1. The van der Waals surface area contributed by atoms with Gasteiger partial charge in [0.05, 0.1) is 0 Å². The molecule has 0 saturated carbocycles. The number of benzene rings is 1. The van der Waals surface area contributed by atoms with Gasteiger partial charge in [-0.1, -0.05) is 0 Å². The van der Waals surface area contributed by atoms with E-state index < -0.39 is 11.6 Å². The van der Waals surface area contributed by atoms with Crippen LogP contribution < -0.4 is 5.32 Å². The molecule has 22 heavy (non-hydrogen) atoms. The van der Waals surface area contributed by atoms with Gasteiger partial charge >= 0.3 is 0 Å². The van der Waals surface area contributed by atoms with E-state index >= 15 is 0 Å². The van der Waals surface area contributed by atoms with Crippen LogP contribution in [-0.2, 0) is 16.0 Å². The van der Waals surface area contributed by atoms with Gasteiger partial charge in [-0.2, -0.15) is 0 Å². The molecule has 120 valence electrons. The summed E-state index contributed by atoms with van der Waals surface area (Å²) in [5.74, 6) is -1.08. The summed E-state index contributed by atoms with van der Waals surface area (Å²) in [7, 11) is 0. The molecule has 6 heteroatoms. The van der Waals surface area contributed by atoms with Crippen LogP contribution in [-0.4, -0.2) is 36.3 Å². The fourth-order valence-electron chi connectivity index (χ4n) is 2.79. The van der Waals surface area contributed by atoms with Crippen molar-refractivity contribution < 1.29 is 18.4 Å². The zero-order valence-electron chi connectivity index (χ0n) is 12.6. The SMILES string of the molecule is CC(=O)NCCC(=O)N1CCC(Cc2cc(F)cc(F)c2)C1. The Bertz CT molecular complexity index is 543. The third-order valence-electron chi connectivity index (χ3n) is 3.80. The Morgan fingerprint density at radius 2 is 1.95 bits per heavy atom. The summed E-state index contributed by atoms with van der Waals surface area (Å²) in [5.41, 5.74) is 0.620. The standard InChI is InChI=1S/C16H20F2N2O2/c1-11(21)19-4-2-16(22)20-5-3-12(10-20)6-13-7-14(17)9-15(18)8-13/h7-9,12H,2-6,10H2,1H3,(H,19,21). The van der Waals surface area contributed by atoms with Gasteiger partial charge in [0.15, 0.2) is 0 Å². The molecule has 0 aliphatic carbocycles. The maximum Gasteiger partial charge on any atom is 0.224 e. The molecule has 1 aliphatic rings. The first-order valence-corrected chi connectivity index (χ1v) is 7.41. The lowest BCUT2D eigenvalue weighted by Crippen LogP contribution is -2.32. The molecule has 1 heterocycles. The highest BCUT2D eigenvalue weighted by Crippen LogP contribution is 2.22. The average Bonchev–Trinajstić information content (AvgIpc) is 2.85. The Labute approximate surface area is 128 Å². The third-order valence-corrected chi connectivity index (χ3v) is 3.80. The Morgan fingerprint density at radius 3 is 2.59 bits per heavy atom. The summed E-state index contributed by atoms with van der Waals surface area (Å²) in [5, 5.41) is 2.59. The van der Waals surface area contributed by atoms with Crippen molar-refractivity contribution in [2.45, 2.75) is 26.2 Å². The fraction of sp³-hybridized carbons (Fsp3) is 0.500. The van der Waals surface area contributed by atoms with E-state index in [0.717, 1.165) is 12.5 Å². The fourth-order valence-corrected chi connectivity index (χ4v) is 2.79. The van der Waals surface area contributed by atoms with Crippen molar-refractivity contribution in [2.75, 3.05) is 19.6 Å². The van der Waals surface area contributed by atoms with E-state index in [0.29, 0.717) is 31.6 Å². The van der Waals surface area contributed by atoms with E-state index in [1.165, 1.54) is 19.1 Å². The topological polar surface area (TPSA) is 49.4 Å². The van der Waals surface area contributed by atoms with Crippen LogP contribution in [0.1, 0.15) is 25.3 Å². The van der Waals surface area contributed by atoms with Gasteiger partial charge in [-0.15, -0.1) is 0 Å². The highest BCUT2D eigenvalue weighted by atomic mass is 19.1. The summed E-state index contributed by atoms with van der Waals surface area (Å²) >= 11 is 0. The van der Waals surface area contributed by atoms with Crippen LogP contribution in [0, 0.1) is 17.6 Å². The molecular weight excluding hydrogens is 290 g/mol. The quantitative estimate of drug-likeness (QED) is 0.903. The average molecular weight is 310 g/mol. The number of rotatable bonds is 5. The summed E-state index contributed by atoms with van der Waals surface area (Å²) in [6, 6.07) is 3.53. The van der Waals surface area contributed by atoms with Crippen molar-refractivity contribution in [3.8, 4) is 0 Å². The zero-order valence-corrected chi connectivity index (χ0v) is 12.6. The van der Waals surface area contributed by atoms with Gasteiger partial charge in [-0.3, -0.25) is 9.59 Å². The first-order valence-electron chi connectivity index (χ1n) is 7.41. The molecule has 1 N–H and O–H groups in total. The largest absolute Gasteiger partial charge is 0.356 e. The molecule has 1 saturated heterocycles. The lowest BCUT2D eigenvalue weighted by molar-refractivity contribution is -0.130. The van der Waals surface area contributed by atoms with Crippen LogP contribution in [0.4, 0.5) is 8.78 Å². The lowest BCUT2D eigenvalue weighted by Gasteiger charge is -2.16. The van der Waals surface area contributed by atoms with Gasteiger partial charge in [-0.25, -0.2) is 8.78 Å². The summed E-state index contributed by atoms with van der Waals surface area (Å²) < 4.78 is 26.3. The van der Waals surface area contributed by atoms with Crippen molar-refractivity contribution in [1.82, 2.24) is 10.2 Å². The molecule has 0 radical (unpaired) electrons. The minimum absolute atomic E-state index is 0.00155. The van der Waals surface area contributed by atoms with E-state index in [1.54, 1.807) is 4.90 Å². The van der Waals surface area contributed by atoms with E-state index in [2.05, 4.69) is 5.32 Å². The predicted octanol–water partition coefficient (Wildman–Crippen LogP) is 1.88. The first kappa shape index (κ1) is 16.4. The number of nitrogens with zero attached hydrogens (tertiary/aromatic N) is 1. The predicted molar refractivity (Wildman–Crippen MR) is 78.0 cm³/mol. The monoisotopic (exact) mass is 310 g/mol. The van der Waals surface area contributed by atoms with Crippen LogP contribution in [0.3, 0.4) is 0 Å². The van der Waals surface area contributed by atoms with Crippen molar-refractivity contribution in [1.29, 1.82) is 0 Å². The number of likely N-dealkylation sites (tertiary alicyclic amines) is 1. The second-order valence-electron chi connectivity index (χ2n) is 5.71. The number of nitrogens with one attached hydrogen (secondary N) is 1. The number of carbonyl (C=O) groups is 2. The molecule has 0 bridgehead atoms. The molecule has 4 nitrogen and oxygen atoms in total. The van der Waals surface area contributed by atoms with Crippen LogP contribution in [0.2, 0.25) is 0 Å². The smallest absolute Gasteiger partial charge is 0.224 e. The second-order valence-corrected chi connectivity index (χ2v) is 5.71. The maximum atomic E-state index is 13.2. The zero-order chi connectivity index (χ0) is 16.1. The Kier molecular flexibility index (Phi) is 5.46. The highest BCUT2D eigenvalue weighted by molar-refractivity contribution is 5.78. The molecule has 1 aliphatic heterocycles. The van der Waals surface area contributed by atoms with E-state index in [4.69, 9.17) is 0 Å². The molecule has 0 aromatic heterocycles. The Hall–Kier alpha value is -1.98. The molecule has 1 unspecified atom stereocenters. The first-order chi connectivity index (χ1) is 10.4. The van der Waals surface area contributed by atoms with E-state index in [1.807, 2.05) is 0 Å². The van der Waals surface area contributed by atoms with Crippen molar-refractivity contribution >= 4 is 11.8 Å². The van der Waals surface area contributed by atoms with Crippen LogP contribution in [0.25, 0.3) is 0 Å². The minimum Gasteiger partial charge on any atom is -0.356 e. The normalized spacial score (nSPS) is 17.6. The van der Waals surface area contributed by atoms with Crippen LogP contribution >= 0.6 is 0 Å². The van der Waals surface area contributed by atoms with Gasteiger partial charge in [0.1, 0.15) is 11.6 Å². The van der Waals surface area contributed by atoms with Crippen molar-refractivity contribution in [3.63, 3.8) is 0 Å². The van der Waals surface area contributed by atoms with Crippen molar-refractivity contribution in [3.05, 3.63) is 35.4 Å². The number of halogens is 2. The lowest BCUT2D eigenvalue weighted by atomic mass is 9.98. The van der Waals surface area contributed by atoms with Crippen LogP contribution in [0.15, 0.2) is 18.2 Å². The highest BCUT2D eigenvalue weighted by Gasteiger charge is 2.26. The van der Waals surface area contributed by atoms with Gasteiger partial charge in [0, 0.05) is 39.0 Å². The van der Waals surface area contributed by atoms with Crippen LogP contribution in [0.5, 0.6) is 0 Å². The van der Waals surface area contributed by atoms with Gasteiger partial charge in [-0.05, 0) is 36.5 Å². The molecule has 2 amide bonds. The van der Waals surface area contributed by atoms with Gasteiger partial charge in [0.2, 0.25) is 11.8 Å². The molecular formula is C16H20F2N2O2. The Morgan fingerprint density at radius 1 is 1.27 bits per heavy atom. The Balaban J connectivity index is 1.82. The third kappa shape index (κ3) is 4.79. The summed E-state index contributed by atoms with van der Waals surface area (Å²) in [6.45, 7) is 3.00. The second kappa shape index (κ2) is 7.33. The molecule has 2 rings (SSSR count). The molecule has 1 aromatic carbocycles. The van der Waals surface area contributed by atoms with Gasteiger partial charge in [0.25, 0.3) is 0 Å². The number of hydrogen-bond acceptors (Lipinski definition) is 2. The minimum atomic E-state index is -0.573. The number of carbonyl (C=O) groups excluding carboxylic acids is 2. The van der Waals surface area contributed by atoms with E-state index in [9.17, 15) is 18.4 Å². The molecule has 1 aromatic rings. The maximum absolute atomic E-state index is 13.2. The van der Waals surface area contributed by atoms with E-state index in [-0.39, 0.29) is 24.2 Å². The van der Waals surface area contributed by atoms with Crippen molar-refractivity contribution in [2.24, 2.45) is 5.92 Å². The molecule has 1 fully saturated rings. The summed E-state index contributed by atoms with van der Waals surface area (Å²) in [6.07, 6.45) is 1.66. The molecule has 0 spiro atoms.